The van der Waals surface area contributed by atoms with Gasteiger partial charge in [0.05, 0.1) is 19.3 Å². The number of carbonyl (C=O) groups is 1. The monoisotopic (exact) mass is 278 g/mol. The Morgan fingerprint density at radius 3 is 2.90 bits per heavy atom. The van der Waals surface area contributed by atoms with Crippen LogP contribution in [0.25, 0.3) is 0 Å². The first-order chi connectivity index (χ1) is 9.51. The van der Waals surface area contributed by atoms with Crippen molar-refractivity contribution in [2.24, 2.45) is 0 Å². The second-order valence-electron chi connectivity index (χ2n) is 5.41. The molecule has 0 N–H and O–H groups in total. The largest absolute Gasteiger partial charge is 0.494 e. The van der Waals surface area contributed by atoms with E-state index < -0.39 is 0 Å². The molecule has 1 aliphatic rings. The van der Waals surface area contributed by atoms with Gasteiger partial charge in [0.1, 0.15) is 5.75 Å². The van der Waals surface area contributed by atoms with Crippen LogP contribution >= 0.6 is 0 Å². The predicted molar refractivity (Wildman–Crippen MR) is 76.1 cm³/mol. The van der Waals surface area contributed by atoms with E-state index >= 15 is 0 Å². The highest BCUT2D eigenvalue weighted by molar-refractivity contribution is 5.95. The summed E-state index contributed by atoms with van der Waals surface area (Å²) in [7, 11) is 1.56. The average Bonchev–Trinajstić information content (AvgIpc) is 2.85. The Hall–Kier alpha value is -1.62. The van der Waals surface area contributed by atoms with Crippen LogP contribution in [-0.2, 0) is 4.74 Å². The van der Waals surface area contributed by atoms with E-state index in [1.54, 1.807) is 18.2 Å². The van der Waals surface area contributed by atoms with E-state index in [4.69, 9.17) is 9.47 Å². The topological polar surface area (TPSA) is 51.7 Å². The summed E-state index contributed by atoms with van der Waals surface area (Å²) in [5, 5.41) is 0. The van der Waals surface area contributed by atoms with E-state index in [1.807, 2.05) is 26.8 Å². The Kier molecular flexibility index (Phi) is 4.60. The lowest BCUT2D eigenvalue weighted by atomic mass is 10.2. The third kappa shape index (κ3) is 3.28. The maximum absolute atomic E-state index is 12.5. The van der Waals surface area contributed by atoms with Crippen molar-refractivity contribution in [3.8, 4) is 5.75 Å². The van der Waals surface area contributed by atoms with Gasteiger partial charge < -0.3 is 14.4 Å². The number of hydrogen-bond donors (Lipinski definition) is 0. The fourth-order valence-corrected chi connectivity index (χ4v) is 2.42. The molecule has 5 heteroatoms. The maximum atomic E-state index is 12.5. The van der Waals surface area contributed by atoms with Gasteiger partial charge in [-0.15, -0.1) is 0 Å². The van der Waals surface area contributed by atoms with Crippen LogP contribution in [0, 0.1) is 6.92 Å². The summed E-state index contributed by atoms with van der Waals surface area (Å²) in [5.41, 5.74) is 1.35. The lowest BCUT2D eigenvalue weighted by molar-refractivity contribution is 0.0138. The zero-order valence-electron chi connectivity index (χ0n) is 12.5. The molecule has 110 valence electrons. The van der Waals surface area contributed by atoms with Crippen LogP contribution in [-0.4, -0.2) is 48.2 Å². The minimum absolute atomic E-state index is 0.0864. The summed E-state index contributed by atoms with van der Waals surface area (Å²) in [6.07, 6.45) is 2.86. The van der Waals surface area contributed by atoms with Gasteiger partial charge in [-0.3, -0.25) is 4.79 Å². The second-order valence-corrected chi connectivity index (χ2v) is 5.41. The van der Waals surface area contributed by atoms with E-state index in [0.717, 1.165) is 12.0 Å². The third-order valence-corrected chi connectivity index (χ3v) is 3.31. The van der Waals surface area contributed by atoms with Crippen molar-refractivity contribution in [3.63, 3.8) is 0 Å². The summed E-state index contributed by atoms with van der Waals surface area (Å²) < 4.78 is 11.0. The summed E-state index contributed by atoms with van der Waals surface area (Å²) in [6.45, 7) is 7.26. The molecule has 20 heavy (non-hydrogen) atoms. The number of likely N-dealkylation sites (tertiary alicyclic amines) is 1. The van der Waals surface area contributed by atoms with Crippen molar-refractivity contribution in [1.82, 2.24) is 9.88 Å². The molecular weight excluding hydrogens is 256 g/mol. The SMILES string of the molecule is COc1cc(C)cnc1C(=O)N1CC[C@@H](OC(C)C)C1. The van der Waals surface area contributed by atoms with Gasteiger partial charge in [-0.1, -0.05) is 0 Å². The zero-order chi connectivity index (χ0) is 14.7. The molecule has 2 heterocycles. The van der Waals surface area contributed by atoms with E-state index in [9.17, 15) is 4.79 Å². The van der Waals surface area contributed by atoms with Crippen molar-refractivity contribution in [2.45, 2.75) is 39.4 Å². The Bertz CT molecular complexity index is 488. The van der Waals surface area contributed by atoms with Crippen molar-refractivity contribution < 1.29 is 14.3 Å². The number of amides is 1. The number of aryl methyl sites for hydroxylation is 1. The van der Waals surface area contributed by atoms with Crippen molar-refractivity contribution in [1.29, 1.82) is 0 Å². The molecule has 0 saturated carbocycles. The molecule has 1 aliphatic heterocycles. The van der Waals surface area contributed by atoms with Crippen LogP contribution < -0.4 is 4.74 Å². The number of aromatic nitrogens is 1. The Morgan fingerprint density at radius 2 is 2.25 bits per heavy atom. The second kappa shape index (κ2) is 6.22. The molecule has 5 nitrogen and oxygen atoms in total. The van der Waals surface area contributed by atoms with Crippen LogP contribution in [0.4, 0.5) is 0 Å². The van der Waals surface area contributed by atoms with E-state index in [2.05, 4.69) is 4.98 Å². The molecule has 0 unspecified atom stereocenters. The minimum Gasteiger partial charge on any atom is -0.494 e. The standard InChI is InChI=1S/C15H22N2O3/c1-10(2)20-12-5-6-17(9-12)15(18)14-13(19-4)7-11(3)8-16-14/h7-8,10,12H,5-6,9H2,1-4H3/t12-/m1/s1. The molecular formula is C15H22N2O3. The van der Waals surface area contributed by atoms with Crippen molar-refractivity contribution >= 4 is 5.91 Å². The Labute approximate surface area is 119 Å². The highest BCUT2D eigenvalue weighted by Gasteiger charge is 2.30. The van der Waals surface area contributed by atoms with Gasteiger partial charge in [0.25, 0.3) is 5.91 Å². The average molecular weight is 278 g/mol. The summed E-state index contributed by atoms with van der Waals surface area (Å²) in [4.78, 5) is 18.5. The van der Waals surface area contributed by atoms with E-state index in [-0.39, 0.29) is 18.1 Å². The number of rotatable bonds is 4. The zero-order valence-corrected chi connectivity index (χ0v) is 12.5. The first-order valence-corrected chi connectivity index (χ1v) is 6.96. The highest BCUT2D eigenvalue weighted by Crippen LogP contribution is 2.22. The lowest BCUT2D eigenvalue weighted by Gasteiger charge is -2.18. The Morgan fingerprint density at radius 1 is 1.50 bits per heavy atom. The molecule has 0 radical (unpaired) electrons. The number of pyridine rings is 1. The van der Waals surface area contributed by atoms with Gasteiger partial charge in [0.15, 0.2) is 5.69 Å². The van der Waals surface area contributed by atoms with E-state index in [1.165, 1.54) is 0 Å². The van der Waals surface area contributed by atoms with Crippen LogP contribution in [0.1, 0.15) is 36.3 Å². The fourth-order valence-electron chi connectivity index (χ4n) is 2.42. The smallest absolute Gasteiger partial charge is 0.276 e. The number of methoxy groups -OCH3 is 1. The summed E-state index contributed by atoms with van der Waals surface area (Å²) >= 11 is 0. The highest BCUT2D eigenvalue weighted by atomic mass is 16.5. The summed E-state index contributed by atoms with van der Waals surface area (Å²) in [6, 6.07) is 1.83. The van der Waals surface area contributed by atoms with Crippen molar-refractivity contribution in [3.05, 3.63) is 23.5 Å². The van der Waals surface area contributed by atoms with Gasteiger partial charge in [-0.05, 0) is 38.8 Å². The number of ether oxygens (including phenoxy) is 2. The molecule has 1 aromatic rings. The van der Waals surface area contributed by atoms with Crippen LogP contribution in [0.3, 0.4) is 0 Å². The normalized spacial score (nSPS) is 18.6. The minimum atomic E-state index is -0.0864. The maximum Gasteiger partial charge on any atom is 0.276 e. The van der Waals surface area contributed by atoms with Crippen LogP contribution in [0.5, 0.6) is 5.75 Å². The number of hydrogen-bond acceptors (Lipinski definition) is 4. The Balaban J connectivity index is 2.09. The molecule has 2 rings (SSSR count). The molecule has 1 atom stereocenters. The number of carbonyl (C=O) groups excluding carboxylic acids is 1. The third-order valence-electron chi connectivity index (χ3n) is 3.31. The molecule has 0 spiro atoms. The van der Waals surface area contributed by atoms with Gasteiger partial charge in [-0.25, -0.2) is 4.98 Å². The molecule has 1 fully saturated rings. The van der Waals surface area contributed by atoms with Crippen molar-refractivity contribution in [2.75, 3.05) is 20.2 Å². The first-order valence-electron chi connectivity index (χ1n) is 6.96. The molecule has 1 amide bonds. The predicted octanol–water partition coefficient (Wildman–Crippen LogP) is 2.04. The fraction of sp³-hybridized carbons (Fsp3) is 0.600. The van der Waals surface area contributed by atoms with Gasteiger partial charge in [-0.2, -0.15) is 0 Å². The van der Waals surface area contributed by atoms with Gasteiger partial charge in [0, 0.05) is 19.3 Å². The quantitative estimate of drug-likeness (QED) is 0.845. The molecule has 1 saturated heterocycles. The van der Waals surface area contributed by atoms with E-state index in [0.29, 0.717) is 24.5 Å². The number of nitrogens with zero attached hydrogens (tertiary/aromatic N) is 2. The van der Waals surface area contributed by atoms with Crippen LogP contribution in [0.15, 0.2) is 12.3 Å². The molecule has 1 aromatic heterocycles. The lowest BCUT2D eigenvalue weighted by Crippen LogP contribution is -2.31. The molecule has 0 aromatic carbocycles. The summed E-state index contributed by atoms with van der Waals surface area (Å²) in [5.74, 6) is 0.444. The molecule has 0 bridgehead atoms. The van der Waals surface area contributed by atoms with Gasteiger partial charge in [0.2, 0.25) is 0 Å². The molecule has 0 aliphatic carbocycles. The van der Waals surface area contributed by atoms with Gasteiger partial charge >= 0.3 is 0 Å². The van der Waals surface area contributed by atoms with Crippen LogP contribution in [0.2, 0.25) is 0 Å². The first kappa shape index (κ1) is 14.8.